The third-order valence-electron chi connectivity index (χ3n) is 2.31. The summed E-state index contributed by atoms with van der Waals surface area (Å²) in [7, 11) is 1.69. The first-order valence-corrected chi connectivity index (χ1v) is 4.92. The van der Waals surface area contributed by atoms with Crippen LogP contribution in [-0.4, -0.2) is 36.7 Å². The number of aryl methyl sites for hydroxylation is 1. The van der Waals surface area contributed by atoms with Gasteiger partial charge < -0.3 is 20.8 Å². The fourth-order valence-electron chi connectivity index (χ4n) is 1.38. The molecule has 0 atom stereocenters. The molecule has 0 aliphatic rings. The fraction of sp³-hybridized carbons (Fsp3) is 0.111. The van der Waals surface area contributed by atoms with Crippen molar-refractivity contribution in [3.05, 3.63) is 30.0 Å². The molecule has 2 aromatic rings. The lowest BCUT2D eigenvalue weighted by Crippen LogP contribution is -2.19. The van der Waals surface area contributed by atoms with E-state index in [0.717, 1.165) is 0 Å². The third kappa shape index (κ3) is 2.00. The standard InChI is InChI=1S/C9H11N7O2/c1-16-4-11-3-6(16)9(17)13-8-5(2-12-14-8)7(10)15-18/h2-4,18H,1H3,(H2,10,15)(H2,12,13,14,17). The molecular weight excluding hydrogens is 238 g/mol. The van der Waals surface area contributed by atoms with E-state index in [2.05, 4.69) is 25.7 Å². The number of aromatic amines is 1. The summed E-state index contributed by atoms with van der Waals surface area (Å²) in [6.07, 6.45) is 4.27. The maximum absolute atomic E-state index is 11.9. The highest BCUT2D eigenvalue weighted by atomic mass is 16.4. The highest BCUT2D eigenvalue weighted by molar-refractivity contribution is 6.08. The number of nitrogens with one attached hydrogen (secondary N) is 2. The van der Waals surface area contributed by atoms with Crippen LogP contribution in [0.25, 0.3) is 0 Å². The number of hydrogen-bond donors (Lipinski definition) is 4. The number of amidine groups is 1. The van der Waals surface area contributed by atoms with Gasteiger partial charge in [0.25, 0.3) is 5.91 Å². The largest absolute Gasteiger partial charge is 0.409 e. The van der Waals surface area contributed by atoms with Crippen LogP contribution in [0.15, 0.2) is 23.9 Å². The minimum Gasteiger partial charge on any atom is -0.409 e. The van der Waals surface area contributed by atoms with Crippen molar-refractivity contribution in [1.82, 2.24) is 19.7 Å². The molecule has 0 unspecified atom stereocenters. The van der Waals surface area contributed by atoms with Gasteiger partial charge in [-0.3, -0.25) is 9.89 Å². The van der Waals surface area contributed by atoms with Gasteiger partial charge in [0, 0.05) is 7.05 Å². The zero-order chi connectivity index (χ0) is 13.1. The zero-order valence-corrected chi connectivity index (χ0v) is 9.45. The van der Waals surface area contributed by atoms with E-state index in [1.807, 2.05) is 0 Å². The number of nitrogens with two attached hydrogens (primary N) is 1. The number of nitrogens with zero attached hydrogens (tertiary/aromatic N) is 4. The Hall–Kier alpha value is -2.84. The normalized spacial score (nSPS) is 11.5. The number of aromatic nitrogens is 4. The van der Waals surface area contributed by atoms with Crippen LogP contribution in [0.3, 0.4) is 0 Å². The molecule has 18 heavy (non-hydrogen) atoms. The molecule has 2 aromatic heterocycles. The summed E-state index contributed by atoms with van der Waals surface area (Å²) >= 11 is 0. The van der Waals surface area contributed by atoms with Crippen LogP contribution in [0.1, 0.15) is 16.1 Å². The Balaban J connectivity index is 2.23. The number of oxime groups is 1. The van der Waals surface area contributed by atoms with Gasteiger partial charge in [0.1, 0.15) is 11.5 Å². The molecule has 0 radical (unpaired) electrons. The van der Waals surface area contributed by atoms with Gasteiger partial charge in [0.15, 0.2) is 5.84 Å². The number of H-pyrrole nitrogens is 1. The first-order valence-electron chi connectivity index (χ1n) is 4.92. The quantitative estimate of drug-likeness (QED) is 0.251. The summed E-state index contributed by atoms with van der Waals surface area (Å²) in [5.74, 6) is -0.285. The fourth-order valence-corrected chi connectivity index (χ4v) is 1.38. The average molecular weight is 249 g/mol. The van der Waals surface area contributed by atoms with Crippen LogP contribution in [-0.2, 0) is 7.05 Å². The van der Waals surface area contributed by atoms with Crippen molar-refractivity contribution in [3.63, 3.8) is 0 Å². The number of anilines is 1. The molecule has 0 saturated heterocycles. The number of carbonyl (C=O) groups excluding carboxylic acids is 1. The molecule has 9 heteroatoms. The number of hydrogen-bond acceptors (Lipinski definition) is 5. The second-order valence-corrected chi connectivity index (χ2v) is 3.49. The molecule has 0 saturated carbocycles. The number of imidazole rings is 1. The molecule has 2 heterocycles. The van der Waals surface area contributed by atoms with Crippen LogP contribution in [0.5, 0.6) is 0 Å². The number of amides is 1. The van der Waals surface area contributed by atoms with E-state index >= 15 is 0 Å². The molecule has 0 bridgehead atoms. The Morgan fingerprint density at radius 2 is 2.39 bits per heavy atom. The van der Waals surface area contributed by atoms with Crippen molar-refractivity contribution in [2.75, 3.05) is 5.32 Å². The minimum atomic E-state index is -0.383. The van der Waals surface area contributed by atoms with Crippen LogP contribution in [0.2, 0.25) is 0 Å². The molecule has 0 fully saturated rings. The lowest BCUT2D eigenvalue weighted by Gasteiger charge is -2.05. The molecule has 94 valence electrons. The van der Waals surface area contributed by atoms with Crippen LogP contribution in [0.4, 0.5) is 5.82 Å². The Bertz CT molecular complexity index is 598. The molecule has 0 aliphatic heterocycles. The van der Waals surface area contributed by atoms with Crippen molar-refractivity contribution in [2.24, 2.45) is 17.9 Å². The highest BCUT2D eigenvalue weighted by Crippen LogP contribution is 2.11. The lowest BCUT2D eigenvalue weighted by atomic mass is 10.3. The molecular formula is C9H11N7O2. The van der Waals surface area contributed by atoms with Crippen molar-refractivity contribution in [3.8, 4) is 0 Å². The van der Waals surface area contributed by atoms with Gasteiger partial charge in [-0.25, -0.2) is 4.98 Å². The minimum absolute atomic E-state index is 0.149. The monoisotopic (exact) mass is 249 g/mol. The number of carbonyl (C=O) groups is 1. The van der Waals surface area contributed by atoms with Crippen molar-refractivity contribution >= 4 is 17.6 Å². The second-order valence-electron chi connectivity index (χ2n) is 3.49. The molecule has 9 nitrogen and oxygen atoms in total. The highest BCUT2D eigenvalue weighted by Gasteiger charge is 2.15. The van der Waals surface area contributed by atoms with E-state index in [1.165, 1.54) is 18.7 Å². The molecule has 0 aromatic carbocycles. The van der Waals surface area contributed by atoms with Gasteiger partial charge in [-0.2, -0.15) is 5.10 Å². The van der Waals surface area contributed by atoms with Crippen molar-refractivity contribution < 1.29 is 10.0 Å². The predicted octanol–water partition coefficient (Wildman–Crippen LogP) is -0.510. The third-order valence-corrected chi connectivity index (χ3v) is 2.31. The van der Waals surface area contributed by atoms with Gasteiger partial charge in [0.2, 0.25) is 0 Å². The topological polar surface area (TPSA) is 134 Å². The van der Waals surface area contributed by atoms with E-state index in [1.54, 1.807) is 11.6 Å². The summed E-state index contributed by atoms with van der Waals surface area (Å²) in [5, 5.41) is 20.3. The summed E-state index contributed by atoms with van der Waals surface area (Å²) in [6.45, 7) is 0. The summed E-state index contributed by atoms with van der Waals surface area (Å²) in [5.41, 5.74) is 6.10. The maximum Gasteiger partial charge on any atom is 0.275 e. The van der Waals surface area contributed by atoms with Gasteiger partial charge in [0.05, 0.1) is 24.3 Å². The van der Waals surface area contributed by atoms with Crippen LogP contribution < -0.4 is 11.1 Å². The first-order chi connectivity index (χ1) is 8.63. The Labute approximate surface area is 101 Å². The van der Waals surface area contributed by atoms with E-state index in [0.29, 0.717) is 11.3 Å². The maximum atomic E-state index is 11.9. The Morgan fingerprint density at radius 1 is 1.61 bits per heavy atom. The Morgan fingerprint density at radius 3 is 3.00 bits per heavy atom. The van der Waals surface area contributed by atoms with Gasteiger partial charge in [-0.05, 0) is 0 Å². The predicted molar refractivity (Wildman–Crippen MR) is 62.3 cm³/mol. The van der Waals surface area contributed by atoms with Gasteiger partial charge in [-0.15, -0.1) is 0 Å². The smallest absolute Gasteiger partial charge is 0.275 e. The lowest BCUT2D eigenvalue weighted by molar-refractivity contribution is 0.101. The van der Waals surface area contributed by atoms with E-state index in [9.17, 15) is 4.79 Å². The van der Waals surface area contributed by atoms with Gasteiger partial charge >= 0.3 is 0 Å². The molecule has 2 rings (SSSR count). The second kappa shape index (κ2) is 4.57. The van der Waals surface area contributed by atoms with E-state index < -0.39 is 0 Å². The van der Waals surface area contributed by atoms with E-state index in [4.69, 9.17) is 10.9 Å². The van der Waals surface area contributed by atoms with Crippen molar-refractivity contribution in [2.45, 2.75) is 0 Å². The Kier molecular flexibility index (Phi) is 2.96. The summed E-state index contributed by atoms with van der Waals surface area (Å²) in [4.78, 5) is 15.7. The first kappa shape index (κ1) is 11.6. The van der Waals surface area contributed by atoms with Crippen molar-refractivity contribution in [1.29, 1.82) is 0 Å². The number of rotatable bonds is 3. The average Bonchev–Trinajstić information content (AvgIpc) is 2.97. The molecule has 0 spiro atoms. The molecule has 1 amide bonds. The van der Waals surface area contributed by atoms with E-state index in [-0.39, 0.29) is 17.6 Å². The zero-order valence-electron chi connectivity index (χ0n) is 9.45. The summed E-state index contributed by atoms with van der Waals surface area (Å²) in [6, 6.07) is 0. The summed E-state index contributed by atoms with van der Waals surface area (Å²) < 4.78 is 1.56. The van der Waals surface area contributed by atoms with Crippen LogP contribution in [0, 0.1) is 0 Å². The SMILES string of the molecule is Cn1cncc1C(=O)Nc1[nH]ncc1/C(N)=N/O. The van der Waals surface area contributed by atoms with Gasteiger partial charge in [-0.1, -0.05) is 5.16 Å². The molecule has 5 N–H and O–H groups in total. The van der Waals surface area contributed by atoms with Crippen LogP contribution >= 0.6 is 0 Å². The molecule has 0 aliphatic carbocycles.